The van der Waals surface area contributed by atoms with E-state index in [9.17, 15) is 18.3 Å². The molecule has 0 bridgehead atoms. The molecule has 0 unspecified atom stereocenters. The van der Waals surface area contributed by atoms with Crippen LogP contribution in [0.5, 0.6) is 17.2 Å². The van der Waals surface area contributed by atoms with Gasteiger partial charge in [0.25, 0.3) is 0 Å². The maximum absolute atomic E-state index is 12.4. The summed E-state index contributed by atoms with van der Waals surface area (Å²) in [6, 6.07) is 10.9. The van der Waals surface area contributed by atoms with E-state index in [1.165, 1.54) is 12.1 Å². The Morgan fingerprint density at radius 3 is 2.20 bits per heavy atom. The van der Waals surface area contributed by atoms with Gasteiger partial charge in [-0.2, -0.15) is 0 Å². The van der Waals surface area contributed by atoms with Crippen LogP contribution >= 0.6 is 24.8 Å². The van der Waals surface area contributed by atoms with Gasteiger partial charge in [0.15, 0.2) is 11.5 Å². The molecular weight excluding hydrogens is 444 g/mol. The molecule has 1 aliphatic rings. The van der Waals surface area contributed by atoms with Crippen LogP contribution in [-0.4, -0.2) is 49.2 Å². The summed E-state index contributed by atoms with van der Waals surface area (Å²) in [4.78, 5) is 2.25. The molecule has 3 rings (SSSR count). The van der Waals surface area contributed by atoms with Crippen molar-refractivity contribution in [1.82, 2.24) is 10.2 Å². The predicted octanol–water partition coefficient (Wildman–Crippen LogP) is 4.53. The summed E-state index contributed by atoms with van der Waals surface area (Å²) in [5.74, 6) is 0.187. The molecule has 0 amide bonds. The molecule has 2 aromatic rings. The van der Waals surface area contributed by atoms with Gasteiger partial charge in [0.05, 0.1) is 12.6 Å². The summed E-state index contributed by atoms with van der Waals surface area (Å²) >= 11 is 0. The quantitative estimate of drug-likeness (QED) is 0.652. The molecule has 0 aliphatic carbocycles. The number of hydrogen-bond donors (Lipinski definition) is 2. The Morgan fingerprint density at radius 2 is 1.63 bits per heavy atom. The molecule has 1 fully saturated rings. The van der Waals surface area contributed by atoms with E-state index in [4.69, 9.17) is 4.74 Å². The number of aromatic hydroxyl groups is 1. The summed E-state index contributed by atoms with van der Waals surface area (Å²) in [5.41, 5.74) is 1.73. The van der Waals surface area contributed by atoms with Crippen LogP contribution in [0.15, 0.2) is 42.5 Å². The number of halogens is 5. The molecule has 0 saturated carbocycles. The lowest BCUT2D eigenvalue weighted by atomic mass is 9.96. The molecule has 5 nitrogen and oxygen atoms in total. The van der Waals surface area contributed by atoms with Crippen molar-refractivity contribution in [2.45, 2.75) is 19.3 Å². The van der Waals surface area contributed by atoms with Crippen LogP contribution < -0.4 is 14.8 Å². The lowest BCUT2D eigenvalue weighted by Gasteiger charge is -2.35. The average Bonchev–Trinajstić information content (AvgIpc) is 2.66. The Balaban J connectivity index is 0.00000225. The first-order valence-corrected chi connectivity index (χ1v) is 9.13. The Kier molecular flexibility index (Phi) is 10.0. The highest BCUT2D eigenvalue weighted by Gasteiger charge is 2.31. The minimum absolute atomic E-state index is 0. The van der Waals surface area contributed by atoms with Gasteiger partial charge in [-0.3, -0.25) is 4.90 Å². The Labute approximate surface area is 186 Å². The molecule has 1 aliphatic heterocycles. The number of rotatable bonds is 6. The van der Waals surface area contributed by atoms with Crippen molar-refractivity contribution in [1.29, 1.82) is 0 Å². The van der Waals surface area contributed by atoms with Crippen molar-refractivity contribution in [2.24, 2.45) is 0 Å². The number of nitrogens with zero attached hydrogens (tertiary/aromatic N) is 1. The van der Waals surface area contributed by atoms with Gasteiger partial charge in [-0.15, -0.1) is 38.0 Å². The van der Waals surface area contributed by atoms with E-state index in [2.05, 4.69) is 15.0 Å². The van der Waals surface area contributed by atoms with E-state index < -0.39 is 6.36 Å². The number of nitrogens with one attached hydrogen (secondary N) is 1. The Morgan fingerprint density at radius 1 is 1.03 bits per heavy atom. The van der Waals surface area contributed by atoms with Crippen LogP contribution in [0, 0.1) is 0 Å². The molecule has 10 heteroatoms. The summed E-state index contributed by atoms with van der Waals surface area (Å²) in [6.45, 7) is 5.47. The van der Waals surface area contributed by atoms with Crippen LogP contribution in [-0.2, 0) is 0 Å². The Bertz CT molecular complexity index is 786. The number of ether oxygens (including phenoxy) is 2. The molecule has 168 valence electrons. The van der Waals surface area contributed by atoms with Crippen molar-refractivity contribution < 1.29 is 27.8 Å². The van der Waals surface area contributed by atoms with Gasteiger partial charge >= 0.3 is 6.36 Å². The largest absolute Gasteiger partial charge is 0.573 e. The zero-order valence-corrected chi connectivity index (χ0v) is 17.9. The van der Waals surface area contributed by atoms with Gasteiger partial charge in [-0.1, -0.05) is 18.2 Å². The molecule has 1 atom stereocenters. The fraction of sp³-hybridized carbons (Fsp3) is 0.400. The summed E-state index contributed by atoms with van der Waals surface area (Å²) in [6.07, 6.45) is -4.72. The zero-order chi connectivity index (χ0) is 20.1. The number of piperazine rings is 1. The van der Waals surface area contributed by atoms with Gasteiger partial charge < -0.3 is 19.9 Å². The fourth-order valence-corrected chi connectivity index (χ4v) is 3.38. The predicted molar refractivity (Wildman–Crippen MR) is 113 cm³/mol. The topological polar surface area (TPSA) is 54.0 Å². The molecular formula is C20H25Cl2F3N2O3. The number of hydrogen-bond acceptors (Lipinski definition) is 5. The molecule has 0 radical (unpaired) electrons. The van der Waals surface area contributed by atoms with Gasteiger partial charge in [0.1, 0.15) is 5.75 Å². The first-order valence-electron chi connectivity index (χ1n) is 9.13. The molecule has 30 heavy (non-hydrogen) atoms. The van der Waals surface area contributed by atoms with E-state index in [1.807, 2.05) is 13.0 Å². The highest BCUT2D eigenvalue weighted by atomic mass is 35.5. The first-order chi connectivity index (χ1) is 13.4. The van der Waals surface area contributed by atoms with Crippen molar-refractivity contribution in [3.8, 4) is 17.2 Å². The van der Waals surface area contributed by atoms with Crippen molar-refractivity contribution >= 4 is 24.8 Å². The molecule has 1 heterocycles. The Hall–Kier alpha value is -1.87. The van der Waals surface area contributed by atoms with Crippen molar-refractivity contribution in [2.75, 3.05) is 32.8 Å². The highest BCUT2D eigenvalue weighted by Crippen LogP contribution is 2.36. The maximum atomic E-state index is 12.4. The standard InChI is InChI=1S/C20H23F3N2O3.2ClH/c1-2-27-18-13-15(5-8-17(18)26)19(25-11-9-24-10-12-25)14-3-6-16(7-4-14)28-20(21,22)23;;/h3-8,13,19,24,26H,2,9-12H2,1H3;2*1H/t19-;;/m1../s1. The normalized spacial score (nSPS) is 15.5. The molecule has 1 saturated heterocycles. The van der Waals surface area contributed by atoms with Gasteiger partial charge in [-0.25, -0.2) is 0 Å². The lowest BCUT2D eigenvalue weighted by Crippen LogP contribution is -2.45. The van der Waals surface area contributed by atoms with Crippen LogP contribution in [0.2, 0.25) is 0 Å². The lowest BCUT2D eigenvalue weighted by molar-refractivity contribution is -0.274. The summed E-state index contributed by atoms with van der Waals surface area (Å²) in [5, 5.41) is 13.3. The first kappa shape index (κ1) is 26.2. The fourth-order valence-electron chi connectivity index (χ4n) is 3.38. The third kappa shape index (κ3) is 6.84. The molecule has 0 spiro atoms. The molecule has 2 N–H and O–H groups in total. The number of benzene rings is 2. The van der Waals surface area contributed by atoms with E-state index in [-0.39, 0.29) is 42.4 Å². The van der Waals surface area contributed by atoms with E-state index in [0.29, 0.717) is 12.4 Å². The van der Waals surface area contributed by atoms with Crippen LogP contribution in [0.1, 0.15) is 24.1 Å². The van der Waals surface area contributed by atoms with Crippen LogP contribution in [0.4, 0.5) is 13.2 Å². The monoisotopic (exact) mass is 468 g/mol. The van der Waals surface area contributed by atoms with E-state index >= 15 is 0 Å². The van der Waals surface area contributed by atoms with Crippen LogP contribution in [0.3, 0.4) is 0 Å². The number of alkyl halides is 3. The summed E-state index contributed by atoms with van der Waals surface area (Å²) < 4.78 is 46.8. The second kappa shape index (κ2) is 11.5. The van der Waals surface area contributed by atoms with E-state index in [1.54, 1.807) is 24.3 Å². The number of phenolic OH excluding ortho intramolecular Hbond substituents is 1. The average molecular weight is 469 g/mol. The second-order valence-electron chi connectivity index (χ2n) is 6.47. The SMILES string of the molecule is CCOc1cc([C@@H](c2ccc(OC(F)(F)F)cc2)N2CCNCC2)ccc1O.Cl.Cl. The van der Waals surface area contributed by atoms with Crippen LogP contribution in [0.25, 0.3) is 0 Å². The smallest absolute Gasteiger partial charge is 0.504 e. The molecule has 2 aromatic carbocycles. The zero-order valence-electron chi connectivity index (χ0n) is 16.3. The van der Waals surface area contributed by atoms with E-state index in [0.717, 1.165) is 37.3 Å². The highest BCUT2D eigenvalue weighted by molar-refractivity contribution is 5.85. The second-order valence-corrected chi connectivity index (χ2v) is 6.47. The van der Waals surface area contributed by atoms with Gasteiger partial charge in [-0.05, 0) is 42.3 Å². The third-order valence-electron chi connectivity index (χ3n) is 4.55. The maximum Gasteiger partial charge on any atom is 0.573 e. The van der Waals surface area contributed by atoms with Gasteiger partial charge in [0.2, 0.25) is 0 Å². The third-order valence-corrected chi connectivity index (χ3v) is 4.55. The molecule has 0 aromatic heterocycles. The summed E-state index contributed by atoms with van der Waals surface area (Å²) in [7, 11) is 0. The van der Waals surface area contributed by atoms with Gasteiger partial charge in [0, 0.05) is 26.2 Å². The van der Waals surface area contributed by atoms with Crippen molar-refractivity contribution in [3.05, 3.63) is 53.6 Å². The minimum Gasteiger partial charge on any atom is -0.504 e. The number of phenols is 1. The van der Waals surface area contributed by atoms with Crippen molar-refractivity contribution in [3.63, 3.8) is 0 Å². The minimum atomic E-state index is -4.72.